The molecule has 0 amide bonds. The lowest BCUT2D eigenvalue weighted by atomic mass is 9.75. The van der Waals surface area contributed by atoms with Crippen molar-refractivity contribution in [3.8, 4) is 0 Å². The van der Waals surface area contributed by atoms with Gasteiger partial charge in [0.1, 0.15) is 5.60 Å². The molecule has 0 spiro atoms. The van der Waals surface area contributed by atoms with Crippen molar-refractivity contribution in [3.63, 3.8) is 0 Å². The van der Waals surface area contributed by atoms with Crippen LogP contribution >= 0.6 is 27.3 Å². The van der Waals surface area contributed by atoms with E-state index in [0.29, 0.717) is 18.9 Å². The third-order valence-electron chi connectivity index (χ3n) is 3.85. The van der Waals surface area contributed by atoms with Crippen LogP contribution in [-0.4, -0.2) is 18.0 Å². The smallest absolute Gasteiger partial charge is 0.169 e. The fraction of sp³-hybridized carbons (Fsp3) is 0.667. The first-order chi connectivity index (χ1) is 9.05. The zero-order chi connectivity index (χ0) is 13.9. The van der Waals surface area contributed by atoms with Crippen molar-refractivity contribution in [1.29, 1.82) is 0 Å². The van der Waals surface area contributed by atoms with Gasteiger partial charge in [-0.15, -0.1) is 11.3 Å². The van der Waals surface area contributed by atoms with E-state index in [9.17, 15) is 4.79 Å². The molecule has 1 saturated carbocycles. The van der Waals surface area contributed by atoms with E-state index in [1.807, 2.05) is 19.1 Å². The van der Waals surface area contributed by atoms with Crippen LogP contribution in [0.25, 0.3) is 0 Å². The van der Waals surface area contributed by atoms with E-state index in [4.69, 9.17) is 4.74 Å². The maximum atomic E-state index is 12.7. The highest BCUT2D eigenvalue weighted by atomic mass is 79.9. The lowest BCUT2D eigenvalue weighted by Gasteiger charge is -2.38. The average molecular weight is 345 g/mol. The maximum absolute atomic E-state index is 12.7. The Morgan fingerprint density at radius 1 is 1.58 bits per heavy atom. The van der Waals surface area contributed by atoms with E-state index in [2.05, 4.69) is 22.9 Å². The van der Waals surface area contributed by atoms with Gasteiger partial charge in [0.25, 0.3) is 0 Å². The van der Waals surface area contributed by atoms with Gasteiger partial charge in [0.05, 0.1) is 3.79 Å². The van der Waals surface area contributed by atoms with E-state index in [1.54, 1.807) is 11.3 Å². The summed E-state index contributed by atoms with van der Waals surface area (Å²) in [5, 5.41) is 0. The molecule has 106 valence electrons. The highest BCUT2D eigenvalue weighted by Gasteiger charge is 2.41. The Kier molecular flexibility index (Phi) is 5.21. The van der Waals surface area contributed by atoms with Gasteiger partial charge >= 0.3 is 0 Å². The zero-order valence-corrected chi connectivity index (χ0v) is 14.0. The summed E-state index contributed by atoms with van der Waals surface area (Å²) in [5.41, 5.74) is -0.525. The van der Waals surface area contributed by atoms with Gasteiger partial charge in [-0.2, -0.15) is 0 Å². The molecule has 0 saturated heterocycles. The van der Waals surface area contributed by atoms with E-state index >= 15 is 0 Å². The summed E-state index contributed by atoms with van der Waals surface area (Å²) in [5.74, 6) is 0.842. The predicted octanol–water partition coefficient (Wildman–Crippen LogP) is 4.61. The van der Waals surface area contributed by atoms with Gasteiger partial charge in [-0.1, -0.05) is 13.3 Å². The van der Waals surface area contributed by atoms with E-state index in [-0.39, 0.29) is 5.78 Å². The van der Waals surface area contributed by atoms with Crippen LogP contribution < -0.4 is 0 Å². The minimum atomic E-state index is -0.525. The van der Waals surface area contributed by atoms with Crippen LogP contribution in [0.4, 0.5) is 0 Å². The summed E-state index contributed by atoms with van der Waals surface area (Å²) >= 11 is 5.09. The molecule has 1 aliphatic rings. The monoisotopic (exact) mass is 344 g/mol. The Hall–Kier alpha value is -0.190. The Morgan fingerprint density at radius 3 is 2.95 bits per heavy atom. The molecule has 2 nitrogen and oxygen atoms in total. The first-order valence-electron chi connectivity index (χ1n) is 6.97. The number of halogens is 1. The number of carbonyl (C=O) groups is 1. The third kappa shape index (κ3) is 3.67. The molecule has 1 aliphatic carbocycles. The standard InChI is InChI=1S/C15H21BrO2S/c1-3-18-15(8-4-5-11(2)10-15)13(17)9-12-6-7-14(16)19-12/h6-7,11H,3-5,8-10H2,1-2H3. The van der Waals surface area contributed by atoms with Crippen molar-refractivity contribution in [1.82, 2.24) is 0 Å². The Bertz CT molecular complexity index is 439. The molecule has 2 rings (SSSR count). The quantitative estimate of drug-likeness (QED) is 0.779. The van der Waals surface area contributed by atoms with Crippen LogP contribution in [0.3, 0.4) is 0 Å². The normalized spacial score (nSPS) is 27.4. The Morgan fingerprint density at radius 2 is 2.37 bits per heavy atom. The molecule has 1 heterocycles. The van der Waals surface area contributed by atoms with Crippen molar-refractivity contribution < 1.29 is 9.53 Å². The Labute approximate surface area is 127 Å². The summed E-state index contributed by atoms with van der Waals surface area (Å²) in [6.45, 7) is 4.82. The average Bonchev–Trinajstić information content (AvgIpc) is 2.75. The van der Waals surface area contributed by atoms with Gasteiger partial charge in [0.15, 0.2) is 5.78 Å². The number of carbonyl (C=O) groups excluding carboxylic acids is 1. The minimum absolute atomic E-state index is 0.259. The molecule has 0 aromatic carbocycles. The highest BCUT2D eigenvalue weighted by Crippen LogP contribution is 2.37. The number of ketones is 1. The van der Waals surface area contributed by atoms with E-state index in [1.165, 1.54) is 6.42 Å². The molecule has 2 unspecified atom stereocenters. The van der Waals surface area contributed by atoms with Crippen molar-refractivity contribution in [2.75, 3.05) is 6.61 Å². The molecule has 1 fully saturated rings. The molecule has 0 bridgehead atoms. The summed E-state index contributed by atoms with van der Waals surface area (Å²) in [6.07, 6.45) is 4.58. The molecule has 0 N–H and O–H groups in total. The molecule has 4 heteroatoms. The molecule has 2 atom stereocenters. The van der Waals surface area contributed by atoms with Crippen molar-refractivity contribution in [2.24, 2.45) is 5.92 Å². The van der Waals surface area contributed by atoms with Gasteiger partial charge < -0.3 is 4.74 Å². The Balaban J connectivity index is 2.11. The zero-order valence-electron chi connectivity index (χ0n) is 11.6. The summed E-state index contributed by atoms with van der Waals surface area (Å²) in [6, 6.07) is 4.03. The van der Waals surface area contributed by atoms with E-state index in [0.717, 1.165) is 27.9 Å². The molecule has 0 aliphatic heterocycles. The molecule has 19 heavy (non-hydrogen) atoms. The number of hydrogen-bond acceptors (Lipinski definition) is 3. The number of rotatable bonds is 5. The van der Waals surface area contributed by atoms with Crippen LogP contribution in [0, 0.1) is 5.92 Å². The first kappa shape index (κ1) is 15.2. The van der Waals surface area contributed by atoms with Crippen molar-refractivity contribution >= 4 is 33.0 Å². The van der Waals surface area contributed by atoms with Crippen LogP contribution in [0.1, 0.15) is 44.4 Å². The van der Waals surface area contributed by atoms with Crippen LogP contribution in [0.15, 0.2) is 15.9 Å². The largest absolute Gasteiger partial charge is 0.367 e. The topological polar surface area (TPSA) is 26.3 Å². The molecular formula is C15H21BrO2S. The summed E-state index contributed by atoms with van der Waals surface area (Å²) in [4.78, 5) is 13.8. The van der Waals surface area contributed by atoms with Crippen molar-refractivity contribution in [2.45, 2.75) is 51.6 Å². The summed E-state index contributed by atoms with van der Waals surface area (Å²) in [7, 11) is 0. The van der Waals surface area contributed by atoms with Gasteiger partial charge in [-0.05, 0) is 60.2 Å². The molecule has 1 aromatic heterocycles. The van der Waals surface area contributed by atoms with Gasteiger partial charge in [-0.3, -0.25) is 4.79 Å². The van der Waals surface area contributed by atoms with Gasteiger partial charge in [0.2, 0.25) is 0 Å². The second kappa shape index (κ2) is 6.51. The van der Waals surface area contributed by atoms with Gasteiger partial charge in [0, 0.05) is 17.9 Å². The fourth-order valence-corrected chi connectivity index (χ4v) is 4.49. The van der Waals surface area contributed by atoms with Crippen molar-refractivity contribution in [3.05, 3.63) is 20.8 Å². The van der Waals surface area contributed by atoms with Gasteiger partial charge in [-0.25, -0.2) is 0 Å². The predicted molar refractivity (Wildman–Crippen MR) is 82.7 cm³/mol. The SMILES string of the molecule is CCOC1(C(=O)Cc2ccc(Br)s2)CCCC(C)C1. The lowest BCUT2D eigenvalue weighted by Crippen LogP contribution is -2.46. The van der Waals surface area contributed by atoms with E-state index < -0.39 is 5.60 Å². The molecule has 1 aromatic rings. The summed E-state index contributed by atoms with van der Waals surface area (Å²) < 4.78 is 7.01. The van der Waals surface area contributed by atoms with Crippen LogP contribution in [-0.2, 0) is 16.0 Å². The van der Waals surface area contributed by atoms with Crippen LogP contribution in [0.2, 0.25) is 0 Å². The van der Waals surface area contributed by atoms with Crippen LogP contribution in [0.5, 0.6) is 0 Å². The number of thiophene rings is 1. The highest BCUT2D eigenvalue weighted by molar-refractivity contribution is 9.11. The third-order valence-corrected chi connectivity index (χ3v) is 5.47. The second-order valence-electron chi connectivity index (χ2n) is 5.43. The fourth-order valence-electron chi connectivity index (χ4n) is 3.01. The first-order valence-corrected chi connectivity index (χ1v) is 8.58. The number of Topliss-reactive ketones (excluding diaryl/α,β-unsaturated/α-hetero) is 1. The second-order valence-corrected chi connectivity index (χ2v) is 7.98. The maximum Gasteiger partial charge on any atom is 0.169 e. The molecular weight excluding hydrogens is 324 g/mol. The lowest BCUT2D eigenvalue weighted by molar-refractivity contribution is -0.150. The number of ether oxygens (including phenoxy) is 1. The minimum Gasteiger partial charge on any atom is -0.367 e. The number of hydrogen-bond donors (Lipinski definition) is 0. The molecule has 0 radical (unpaired) electrons.